The third-order valence-corrected chi connectivity index (χ3v) is 8.50. The Morgan fingerprint density at radius 2 is 1.37 bits per heavy atom. The molecule has 0 heterocycles. The maximum absolute atomic E-state index is 15.0. The summed E-state index contributed by atoms with van der Waals surface area (Å²) in [5.74, 6) is 4.51. The Hall–Kier alpha value is -2.80. The Labute approximate surface area is 225 Å². The van der Waals surface area contributed by atoms with Crippen LogP contribution in [0, 0.1) is 52.9 Å². The molecule has 0 amide bonds. The van der Waals surface area contributed by atoms with E-state index in [0.717, 1.165) is 49.7 Å². The van der Waals surface area contributed by atoms with E-state index in [2.05, 4.69) is 30.9 Å². The fourth-order valence-electron chi connectivity index (χ4n) is 6.44. The van der Waals surface area contributed by atoms with E-state index in [4.69, 9.17) is 0 Å². The average molecular weight is 523 g/mol. The van der Waals surface area contributed by atoms with Gasteiger partial charge in [0, 0.05) is 11.1 Å². The van der Waals surface area contributed by atoms with Gasteiger partial charge in [-0.25, -0.2) is 17.6 Å². The standard InChI is InChI=1S/C34H38F4/c1-3-5-7-9-23-11-13-26-20-27(15-14-25(26)17-23)28-21-33(37)30(34(38)22-28)16-12-24-18-31(35)29(32(36)19-24)10-8-6-4-2/h3-6,18-19,21-23,25-27H,7-11,13-15,17,20H2,1-2H3/b5-3+,6-4+. The number of hydrogen-bond donors (Lipinski definition) is 0. The van der Waals surface area contributed by atoms with Crippen molar-refractivity contribution in [3.05, 3.63) is 94.1 Å². The van der Waals surface area contributed by atoms with Gasteiger partial charge in [-0.15, -0.1) is 0 Å². The highest BCUT2D eigenvalue weighted by atomic mass is 19.1. The highest BCUT2D eigenvalue weighted by Crippen LogP contribution is 2.48. The molecule has 2 aromatic carbocycles. The van der Waals surface area contributed by atoms with Crippen LogP contribution in [-0.2, 0) is 6.42 Å². The van der Waals surface area contributed by atoms with Gasteiger partial charge in [0.2, 0.25) is 0 Å². The lowest BCUT2D eigenvalue weighted by Gasteiger charge is -2.42. The molecule has 202 valence electrons. The van der Waals surface area contributed by atoms with Gasteiger partial charge in [0.25, 0.3) is 0 Å². The van der Waals surface area contributed by atoms with Crippen LogP contribution in [0.25, 0.3) is 0 Å². The minimum absolute atomic E-state index is 0.00720. The van der Waals surface area contributed by atoms with E-state index >= 15 is 0 Å². The zero-order valence-electron chi connectivity index (χ0n) is 22.5. The maximum atomic E-state index is 15.0. The second kappa shape index (κ2) is 13.3. The van der Waals surface area contributed by atoms with Crippen LogP contribution in [-0.4, -0.2) is 0 Å². The molecule has 0 spiro atoms. The van der Waals surface area contributed by atoms with E-state index in [9.17, 15) is 17.6 Å². The Balaban J connectivity index is 1.43. The summed E-state index contributed by atoms with van der Waals surface area (Å²) in [6.07, 6.45) is 18.0. The van der Waals surface area contributed by atoms with Crippen LogP contribution in [0.1, 0.15) is 99.8 Å². The van der Waals surface area contributed by atoms with Gasteiger partial charge < -0.3 is 0 Å². The number of rotatable bonds is 7. The summed E-state index contributed by atoms with van der Waals surface area (Å²) >= 11 is 0. The molecule has 4 unspecified atom stereocenters. The van der Waals surface area contributed by atoms with Crippen molar-refractivity contribution in [1.82, 2.24) is 0 Å². The van der Waals surface area contributed by atoms with Crippen molar-refractivity contribution in [2.45, 2.75) is 84.0 Å². The zero-order valence-corrected chi connectivity index (χ0v) is 22.5. The molecule has 4 atom stereocenters. The van der Waals surface area contributed by atoms with Crippen molar-refractivity contribution in [2.75, 3.05) is 0 Å². The predicted molar refractivity (Wildman–Crippen MR) is 147 cm³/mol. The van der Waals surface area contributed by atoms with Gasteiger partial charge in [0.05, 0.1) is 5.56 Å². The number of fused-ring (bicyclic) bond motifs is 1. The Morgan fingerprint density at radius 1 is 0.737 bits per heavy atom. The minimum Gasteiger partial charge on any atom is -0.207 e. The second-order valence-corrected chi connectivity index (χ2v) is 11.0. The molecule has 4 rings (SSSR count). The molecule has 38 heavy (non-hydrogen) atoms. The molecule has 0 saturated heterocycles. The molecule has 0 aliphatic heterocycles. The number of hydrogen-bond acceptors (Lipinski definition) is 0. The molecule has 0 radical (unpaired) electrons. The number of allylic oxidation sites excluding steroid dienone is 4. The minimum atomic E-state index is -0.716. The lowest BCUT2D eigenvalue weighted by Crippen LogP contribution is -2.30. The Kier molecular flexibility index (Phi) is 9.89. The van der Waals surface area contributed by atoms with Gasteiger partial charge in [-0.3, -0.25) is 0 Å². The quantitative estimate of drug-likeness (QED) is 0.193. The summed E-state index contributed by atoms with van der Waals surface area (Å²) in [6, 6.07) is 5.07. The molecule has 2 aromatic rings. The molecule has 2 aliphatic carbocycles. The van der Waals surface area contributed by atoms with Crippen molar-refractivity contribution < 1.29 is 17.6 Å². The summed E-state index contributed by atoms with van der Waals surface area (Å²) in [4.78, 5) is 0. The molecule has 2 aliphatic rings. The van der Waals surface area contributed by atoms with Crippen molar-refractivity contribution >= 4 is 0 Å². The monoisotopic (exact) mass is 522 g/mol. The fourth-order valence-corrected chi connectivity index (χ4v) is 6.44. The summed E-state index contributed by atoms with van der Waals surface area (Å²) in [5, 5.41) is 0. The van der Waals surface area contributed by atoms with Crippen molar-refractivity contribution in [1.29, 1.82) is 0 Å². The first-order valence-corrected chi connectivity index (χ1v) is 14.1. The van der Waals surface area contributed by atoms with Crippen LogP contribution in [0.2, 0.25) is 0 Å². The molecular formula is C34H38F4. The van der Waals surface area contributed by atoms with Crippen LogP contribution in [0.4, 0.5) is 17.6 Å². The van der Waals surface area contributed by atoms with E-state index in [1.54, 1.807) is 0 Å². The average Bonchev–Trinajstić information content (AvgIpc) is 2.89. The second-order valence-electron chi connectivity index (χ2n) is 11.0. The lowest BCUT2D eigenvalue weighted by atomic mass is 9.63. The highest BCUT2D eigenvalue weighted by Gasteiger charge is 2.36. The first-order chi connectivity index (χ1) is 18.4. The van der Waals surface area contributed by atoms with Gasteiger partial charge in [-0.05, 0) is 125 Å². The van der Waals surface area contributed by atoms with Crippen molar-refractivity contribution in [3.63, 3.8) is 0 Å². The summed E-state index contributed by atoms with van der Waals surface area (Å²) < 4.78 is 58.8. The molecule has 0 aromatic heterocycles. The highest BCUT2D eigenvalue weighted by molar-refractivity contribution is 5.46. The Morgan fingerprint density at radius 3 is 2.05 bits per heavy atom. The van der Waals surface area contributed by atoms with Gasteiger partial charge in [-0.2, -0.15) is 0 Å². The maximum Gasteiger partial charge on any atom is 0.142 e. The van der Waals surface area contributed by atoms with Crippen molar-refractivity contribution in [2.24, 2.45) is 17.8 Å². The molecule has 0 nitrogen and oxygen atoms in total. The fraction of sp³-hybridized carbons (Fsp3) is 0.471. The van der Waals surface area contributed by atoms with Crippen LogP contribution in [0.5, 0.6) is 0 Å². The molecule has 4 heteroatoms. The summed E-state index contributed by atoms with van der Waals surface area (Å²) in [6.45, 7) is 3.91. The number of halogens is 4. The van der Waals surface area contributed by atoms with Gasteiger partial charge in [-0.1, -0.05) is 42.6 Å². The van der Waals surface area contributed by atoms with Gasteiger partial charge in [0.15, 0.2) is 0 Å². The van der Waals surface area contributed by atoms with Gasteiger partial charge in [0.1, 0.15) is 23.3 Å². The van der Waals surface area contributed by atoms with Crippen molar-refractivity contribution in [3.8, 4) is 11.8 Å². The third-order valence-electron chi connectivity index (χ3n) is 8.50. The molecule has 0 bridgehead atoms. The van der Waals surface area contributed by atoms with E-state index in [1.165, 1.54) is 37.8 Å². The SMILES string of the molecule is C/C=C/CCc1c(F)cc(C#Cc2c(F)cc(C3CCC4CC(CC/C=C/C)CCC4C3)cc2F)cc1F. The first-order valence-electron chi connectivity index (χ1n) is 14.1. The van der Waals surface area contributed by atoms with Crippen LogP contribution < -0.4 is 0 Å². The van der Waals surface area contributed by atoms with Crippen LogP contribution >= 0.6 is 0 Å². The zero-order chi connectivity index (χ0) is 27.1. The first kappa shape index (κ1) is 28.2. The number of benzene rings is 2. The molecule has 2 fully saturated rings. The molecule has 0 N–H and O–H groups in total. The van der Waals surface area contributed by atoms with E-state index in [1.807, 2.05) is 19.1 Å². The van der Waals surface area contributed by atoms with Crippen LogP contribution in [0.3, 0.4) is 0 Å². The van der Waals surface area contributed by atoms with Crippen LogP contribution in [0.15, 0.2) is 48.6 Å². The predicted octanol–water partition coefficient (Wildman–Crippen LogP) is 9.81. The molecule has 2 saturated carbocycles. The van der Waals surface area contributed by atoms with E-state index in [0.29, 0.717) is 17.9 Å². The van der Waals surface area contributed by atoms with Gasteiger partial charge >= 0.3 is 0 Å². The van der Waals surface area contributed by atoms with E-state index < -0.39 is 23.3 Å². The lowest BCUT2D eigenvalue weighted by molar-refractivity contribution is 0.115. The van der Waals surface area contributed by atoms with E-state index in [-0.39, 0.29) is 29.0 Å². The largest absolute Gasteiger partial charge is 0.207 e. The summed E-state index contributed by atoms with van der Waals surface area (Å²) in [7, 11) is 0. The Bertz CT molecular complexity index is 1180. The third kappa shape index (κ3) is 6.99. The summed E-state index contributed by atoms with van der Waals surface area (Å²) in [5.41, 5.74) is 0.383. The smallest absolute Gasteiger partial charge is 0.142 e. The topological polar surface area (TPSA) is 0 Å². The molecular weight excluding hydrogens is 484 g/mol. The normalized spacial score (nSPS) is 23.4.